The fraction of sp³-hybridized carbons (Fsp3) is 0.538. The van der Waals surface area contributed by atoms with Gasteiger partial charge in [0.15, 0.2) is 0 Å². The third kappa shape index (κ3) is 2.20. The molecule has 1 atom stereocenters. The molecule has 1 saturated heterocycles. The molecule has 2 rings (SSSR count). The van der Waals surface area contributed by atoms with Gasteiger partial charge in [-0.2, -0.15) is 0 Å². The summed E-state index contributed by atoms with van der Waals surface area (Å²) in [5, 5.41) is 0. The highest BCUT2D eigenvalue weighted by molar-refractivity contribution is 5.33. The van der Waals surface area contributed by atoms with E-state index in [0.29, 0.717) is 0 Å². The monoisotopic (exact) mass is 220 g/mol. The Bertz CT molecular complexity index is 367. The number of hydrogen-bond donors (Lipinski definition) is 1. The van der Waals surface area contributed by atoms with E-state index >= 15 is 0 Å². The van der Waals surface area contributed by atoms with E-state index in [9.17, 15) is 0 Å². The number of piperidine rings is 1. The first-order valence-electron chi connectivity index (χ1n) is 5.76. The van der Waals surface area contributed by atoms with Gasteiger partial charge >= 0.3 is 0 Å². The summed E-state index contributed by atoms with van der Waals surface area (Å²) < 4.78 is 5.25. The standard InChI is InChI=1S/C13H20N2O/c1-15-8-4-7-13(14,10-15)11-5-3-6-12(9-11)16-2/h3,5-6,9H,4,7-8,10,14H2,1-2H3. The maximum Gasteiger partial charge on any atom is 0.119 e. The van der Waals surface area contributed by atoms with Crippen molar-refractivity contribution >= 4 is 0 Å². The molecule has 0 bridgehead atoms. The summed E-state index contributed by atoms with van der Waals surface area (Å²) in [4.78, 5) is 2.29. The van der Waals surface area contributed by atoms with Crippen molar-refractivity contribution in [2.45, 2.75) is 18.4 Å². The first-order chi connectivity index (χ1) is 7.64. The van der Waals surface area contributed by atoms with Crippen LogP contribution in [0.5, 0.6) is 5.75 Å². The van der Waals surface area contributed by atoms with Gasteiger partial charge in [-0.25, -0.2) is 0 Å². The van der Waals surface area contributed by atoms with Gasteiger partial charge in [0.25, 0.3) is 0 Å². The van der Waals surface area contributed by atoms with Crippen LogP contribution in [0.25, 0.3) is 0 Å². The number of likely N-dealkylation sites (tertiary alicyclic amines) is 1. The Kier molecular flexibility index (Phi) is 3.17. The summed E-state index contributed by atoms with van der Waals surface area (Å²) >= 11 is 0. The van der Waals surface area contributed by atoms with E-state index in [0.717, 1.165) is 31.7 Å². The lowest BCUT2D eigenvalue weighted by Gasteiger charge is -2.39. The van der Waals surface area contributed by atoms with E-state index in [2.05, 4.69) is 24.1 Å². The van der Waals surface area contributed by atoms with Crippen LogP contribution in [0.2, 0.25) is 0 Å². The summed E-state index contributed by atoms with van der Waals surface area (Å²) in [7, 11) is 3.82. The Labute approximate surface area is 97.2 Å². The van der Waals surface area contributed by atoms with Gasteiger partial charge in [0.1, 0.15) is 5.75 Å². The molecule has 1 aromatic carbocycles. The molecular formula is C13H20N2O. The van der Waals surface area contributed by atoms with E-state index in [1.807, 2.05) is 12.1 Å². The Hall–Kier alpha value is -1.06. The molecule has 88 valence electrons. The van der Waals surface area contributed by atoms with Crippen LogP contribution < -0.4 is 10.5 Å². The Morgan fingerprint density at radius 2 is 2.25 bits per heavy atom. The van der Waals surface area contributed by atoms with Crippen LogP contribution >= 0.6 is 0 Å². The minimum absolute atomic E-state index is 0.221. The number of ether oxygens (including phenoxy) is 1. The smallest absolute Gasteiger partial charge is 0.119 e. The molecule has 1 aliphatic heterocycles. The molecule has 1 heterocycles. The highest BCUT2D eigenvalue weighted by Crippen LogP contribution is 2.30. The SMILES string of the molecule is COc1cccc(C2(N)CCCN(C)C2)c1. The quantitative estimate of drug-likeness (QED) is 0.822. The second-order valence-corrected chi connectivity index (χ2v) is 4.73. The van der Waals surface area contributed by atoms with Crippen LogP contribution in [0.15, 0.2) is 24.3 Å². The topological polar surface area (TPSA) is 38.5 Å². The van der Waals surface area contributed by atoms with Crippen molar-refractivity contribution in [3.05, 3.63) is 29.8 Å². The van der Waals surface area contributed by atoms with Crippen LogP contribution in [-0.4, -0.2) is 32.1 Å². The van der Waals surface area contributed by atoms with Gasteiger partial charge in [-0.1, -0.05) is 12.1 Å². The Balaban J connectivity index is 2.27. The number of nitrogens with two attached hydrogens (primary N) is 1. The molecule has 0 aromatic heterocycles. The second kappa shape index (κ2) is 4.44. The van der Waals surface area contributed by atoms with Crippen molar-refractivity contribution in [1.82, 2.24) is 4.90 Å². The second-order valence-electron chi connectivity index (χ2n) is 4.73. The van der Waals surface area contributed by atoms with Crippen LogP contribution in [-0.2, 0) is 5.54 Å². The molecule has 0 saturated carbocycles. The maximum atomic E-state index is 6.50. The van der Waals surface area contributed by atoms with Crippen LogP contribution in [0, 0.1) is 0 Å². The van der Waals surface area contributed by atoms with E-state index in [-0.39, 0.29) is 5.54 Å². The van der Waals surface area contributed by atoms with Crippen LogP contribution in [0.4, 0.5) is 0 Å². The zero-order valence-corrected chi connectivity index (χ0v) is 10.1. The van der Waals surface area contributed by atoms with Crippen molar-refractivity contribution in [3.63, 3.8) is 0 Å². The largest absolute Gasteiger partial charge is 0.497 e. The molecule has 0 aliphatic carbocycles. The zero-order chi connectivity index (χ0) is 11.6. The average Bonchev–Trinajstić information content (AvgIpc) is 2.29. The number of likely N-dealkylation sites (N-methyl/N-ethyl adjacent to an activating group) is 1. The van der Waals surface area contributed by atoms with Gasteiger partial charge in [0, 0.05) is 6.54 Å². The molecular weight excluding hydrogens is 200 g/mol. The van der Waals surface area contributed by atoms with Gasteiger partial charge < -0.3 is 15.4 Å². The highest BCUT2D eigenvalue weighted by atomic mass is 16.5. The maximum absolute atomic E-state index is 6.50. The number of rotatable bonds is 2. The molecule has 16 heavy (non-hydrogen) atoms. The molecule has 3 heteroatoms. The summed E-state index contributed by atoms with van der Waals surface area (Å²) in [5.74, 6) is 0.885. The molecule has 1 aromatic rings. The molecule has 3 nitrogen and oxygen atoms in total. The summed E-state index contributed by atoms with van der Waals surface area (Å²) in [5.41, 5.74) is 7.46. The lowest BCUT2D eigenvalue weighted by atomic mass is 9.83. The van der Waals surface area contributed by atoms with Crippen molar-refractivity contribution in [3.8, 4) is 5.75 Å². The van der Waals surface area contributed by atoms with Gasteiger partial charge in [-0.3, -0.25) is 0 Å². The fourth-order valence-corrected chi connectivity index (χ4v) is 2.47. The zero-order valence-electron chi connectivity index (χ0n) is 10.1. The number of methoxy groups -OCH3 is 1. The normalized spacial score (nSPS) is 26.7. The van der Waals surface area contributed by atoms with Crippen molar-refractivity contribution in [2.24, 2.45) is 5.73 Å². The third-order valence-corrected chi connectivity index (χ3v) is 3.36. The van der Waals surface area contributed by atoms with E-state index in [1.54, 1.807) is 7.11 Å². The third-order valence-electron chi connectivity index (χ3n) is 3.36. The summed E-state index contributed by atoms with van der Waals surface area (Å²) in [6.45, 7) is 2.06. The predicted molar refractivity (Wildman–Crippen MR) is 65.6 cm³/mol. The molecule has 0 amide bonds. The summed E-state index contributed by atoms with van der Waals surface area (Å²) in [6, 6.07) is 8.12. The van der Waals surface area contributed by atoms with Gasteiger partial charge in [0.2, 0.25) is 0 Å². The average molecular weight is 220 g/mol. The molecule has 1 unspecified atom stereocenters. The summed E-state index contributed by atoms with van der Waals surface area (Å²) in [6.07, 6.45) is 2.20. The van der Waals surface area contributed by atoms with Crippen molar-refractivity contribution < 1.29 is 4.74 Å². The van der Waals surface area contributed by atoms with E-state index in [4.69, 9.17) is 10.5 Å². The highest BCUT2D eigenvalue weighted by Gasteiger charge is 2.31. The van der Waals surface area contributed by atoms with Gasteiger partial charge in [-0.15, -0.1) is 0 Å². The first kappa shape index (κ1) is 11.4. The van der Waals surface area contributed by atoms with Crippen LogP contribution in [0.1, 0.15) is 18.4 Å². The number of hydrogen-bond acceptors (Lipinski definition) is 3. The Morgan fingerprint density at radius 1 is 1.44 bits per heavy atom. The van der Waals surface area contributed by atoms with Gasteiger partial charge in [-0.05, 0) is 44.1 Å². The Morgan fingerprint density at radius 3 is 2.94 bits per heavy atom. The lowest BCUT2D eigenvalue weighted by molar-refractivity contribution is 0.179. The number of nitrogens with zero attached hydrogens (tertiary/aromatic N) is 1. The molecule has 1 fully saturated rings. The van der Waals surface area contributed by atoms with Crippen molar-refractivity contribution in [1.29, 1.82) is 0 Å². The van der Waals surface area contributed by atoms with Crippen LogP contribution in [0.3, 0.4) is 0 Å². The van der Waals surface area contributed by atoms with E-state index in [1.165, 1.54) is 5.56 Å². The number of benzene rings is 1. The first-order valence-corrected chi connectivity index (χ1v) is 5.76. The minimum Gasteiger partial charge on any atom is -0.497 e. The van der Waals surface area contributed by atoms with Gasteiger partial charge in [0.05, 0.1) is 12.6 Å². The lowest BCUT2D eigenvalue weighted by Crippen LogP contribution is -2.50. The van der Waals surface area contributed by atoms with Crippen molar-refractivity contribution in [2.75, 3.05) is 27.2 Å². The molecule has 0 radical (unpaired) electrons. The molecule has 0 spiro atoms. The molecule has 1 aliphatic rings. The predicted octanol–water partition coefficient (Wildman–Crippen LogP) is 1.57. The fourth-order valence-electron chi connectivity index (χ4n) is 2.47. The minimum atomic E-state index is -0.221. The van der Waals surface area contributed by atoms with E-state index < -0.39 is 0 Å². The molecule has 2 N–H and O–H groups in total.